The maximum Gasteiger partial charge on any atom is 0.338 e. The van der Waals surface area contributed by atoms with Gasteiger partial charge in [0.05, 0.1) is 0 Å². The molecule has 4 heteroatoms. The fourth-order valence-electron chi connectivity index (χ4n) is 4.97. The first-order valence-electron chi connectivity index (χ1n) is 11.3. The molecule has 0 saturated heterocycles. The largest absolute Gasteiger partial charge is 0.424 e. The Bertz CT molecular complexity index is 1320. The molecule has 2 atom stereocenters. The predicted molar refractivity (Wildman–Crippen MR) is 129 cm³/mol. The number of hydrogen-bond donors (Lipinski definition) is 1. The summed E-state index contributed by atoms with van der Waals surface area (Å²) in [6.45, 7) is 2.05. The molecule has 4 nitrogen and oxygen atoms in total. The molecule has 33 heavy (non-hydrogen) atoms. The highest BCUT2D eigenvalue weighted by atomic mass is 16.5. The highest BCUT2D eigenvalue weighted by molar-refractivity contribution is 6.01. The zero-order valence-corrected chi connectivity index (χ0v) is 18.5. The fraction of sp³-hybridized carbons (Fsp3) is 0.172. The maximum absolute atomic E-state index is 13.8. The number of rotatable bonds is 5. The smallest absolute Gasteiger partial charge is 0.338 e. The Morgan fingerprint density at radius 1 is 0.879 bits per heavy atom. The molecule has 1 aliphatic rings. The minimum absolute atomic E-state index is 0.244. The van der Waals surface area contributed by atoms with Crippen LogP contribution in [0.3, 0.4) is 0 Å². The van der Waals surface area contributed by atoms with Gasteiger partial charge in [-0.15, -0.1) is 0 Å². The lowest BCUT2D eigenvalue weighted by Crippen LogP contribution is -2.63. The molecule has 0 bridgehead atoms. The van der Waals surface area contributed by atoms with E-state index in [9.17, 15) is 9.59 Å². The standard InChI is InChI=1S/C29H25NO3/c1-2-25-24-18-17-21-13-9-10-16-23(21)26(24)33-28(32)29(25,19-20-11-5-3-6-12-20)30-27(31)22-14-7-4-8-15-22/h3-18,25H,2,19H2,1H3,(H,30,31)/t25-,29-/m0/s1. The number of nitrogens with one attached hydrogen (secondary N) is 1. The van der Waals surface area contributed by atoms with E-state index in [1.807, 2.05) is 78.9 Å². The van der Waals surface area contributed by atoms with E-state index in [0.29, 0.717) is 24.2 Å². The van der Waals surface area contributed by atoms with Crippen LogP contribution in [0.25, 0.3) is 10.8 Å². The van der Waals surface area contributed by atoms with Gasteiger partial charge in [0.1, 0.15) is 11.3 Å². The lowest BCUT2D eigenvalue weighted by molar-refractivity contribution is -0.144. The third-order valence-corrected chi connectivity index (χ3v) is 6.55. The predicted octanol–water partition coefficient (Wildman–Crippen LogP) is 5.66. The van der Waals surface area contributed by atoms with Gasteiger partial charge >= 0.3 is 5.97 Å². The molecule has 1 amide bonds. The first-order valence-corrected chi connectivity index (χ1v) is 11.3. The molecule has 5 rings (SSSR count). The van der Waals surface area contributed by atoms with Crippen molar-refractivity contribution in [2.45, 2.75) is 31.2 Å². The molecule has 4 aromatic rings. The van der Waals surface area contributed by atoms with Crippen molar-refractivity contribution in [1.29, 1.82) is 0 Å². The summed E-state index contributed by atoms with van der Waals surface area (Å²) in [7, 11) is 0. The Morgan fingerprint density at radius 2 is 1.55 bits per heavy atom. The molecule has 1 N–H and O–H groups in total. The summed E-state index contributed by atoms with van der Waals surface area (Å²) in [5.74, 6) is -0.355. The zero-order chi connectivity index (χ0) is 22.8. The first-order chi connectivity index (χ1) is 16.1. The van der Waals surface area contributed by atoms with E-state index in [0.717, 1.165) is 21.9 Å². The van der Waals surface area contributed by atoms with Crippen molar-refractivity contribution in [2.24, 2.45) is 0 Å². The van der Waals surface area contributed by atoms with Crippen LogP contribution in [0.15, 0.2) is 97.1 Å². The number of fused-ring (bicyclic) bond motifs is 3. The van der Waals surface area contributed by atoms with Gasteiger partial charge in [0.2, 0.25) is 0 Å². The number of hydrogen-bond acceptors (Lipinski definition) is 3. The summed E-state index contributed by atoms with van der Waals surface area (Å²) in [5, 5.41) is 5.05. The Labute approximate surface area is 193 Å². The number of amides is 1. The summed E-state index contributed by atoms with van der Waals surface area (Å²) in [6.07, 6.45) is 1.01. The summed E-state index contributed by atoms with van der Waals surface area (Å²) < 4.78 is 6.05. The fourth-order valence-corrected chi connectivity index (χ4v) is 4.97. The normalized spacial score (nSPS) is 19.5. The van der Waals surface area contributed by atoms with Crippen LogP contribution in [-0.2, 0) is 11.2 Å². The number of esters is 1. The molecule has 0 aromatic heterocycles. The highest BCUT2D eigenvalue weighted by Crippen LogP contribution is 2.46. The van der Waals surface area contributed by atoms with Crippen LogP contribution in [0.5, 0.6) is 5.75 Å². The van der Waals surface area contributed by atoms with Gasteiger partial charge in [-0.1, -0.05) is 91.9 Å². The minimum atomic E-state index is -1.22. The van der Waals surface area contributed by atoms with E-state index >= 15 is 0 Å². The van der Waals surface area contributed by atoms with Gasteiger partial charge in [0, 0.05) is 28.9 Å². The van der Waals surface area contributed by atoms with Gasteiger partial charge in [-0.25, -0.2) is 4.79 Å². The molecular weight excluding hydrogens is 410 g/mol. The summed E-state index contributed by atoms with van der Waals surface area (Å²) >= 11 is 0. The molecule has 0 spiro atoms. The van der Waals surface area contributed by atoms with Crippen molar-refractivity contribution in [3.05, 3.63) is 114 Å². The molecule has 0 unspecified atom stereocenters. The summed E-state index contributed by atoms with van der Waals surface area (Å²) in [6, 6.07) is 30.8. The minimum Gasteiger partial charge on any atom is -0.424 e. The Hall–Kier alpha value is -3.92. The number of carbonyl (C=O) groups excluding carboxylic acids is 2. The van der Waals surface area contributed by atoms with Crippen molar-refractivity contribution in [1.82, 2.24) is 5.32 Å². The second-order valence-corrected chi connectivity index (χ2v) is 8.51. The van der Waals surface area contributed by atoms with Gasteiger partial charge in [0.15, 0.2) is 0 Å². The van der Waals surface area contributed by atoms with E-state index in [1.54, 1.807) is 12.1 Å². The van der Waals surface area contributed by atoms with Crippen LogP contribution < -0.4 is 10.1 Å². The Morgan fingerprint density at radius 3 is 2.27 bits per heavy atom. The van der Waals surface area contributed by atoms with Crippen molar-refractivity contribution >= 4 is 22.6 Å². The molecule has 1 heterocycles. The second-order valence-electron chi connectivity index (χ2n) is 8.51. The van der Waals surface area contributed by atoms with Crippen LogP contribution in [-0.4, -0.2) is 17.4 Å². The van der Waals surface area contributed by atoms with E-state index in [-0.39, 0.29) is 11.8 Å². The molecule has 4 aromatic carbocycles. The lowest BCUT2D eigenvalue weighted by Gasteiger charge is -2.43. The molecule has 0 radical (unpaired) electrons. The quantitative estimate of drug-likeness (QED) is 0.325. The molecule has 1 aliphatic heterocycles. The van der Waals surface area contributed by atoms with Crippen molar-refractivity contribution in [3.63, 3.8) is 0 Å². The van der Waals surface area contributed by atoms with Crippen LogP contribution in [0.1, 0.15) is 40.7 Å². The van der Waals surface area contributed by atoms with Gasteiger partial charge < -0.3 is 10.1 Å². The van der Waals surface area contributed by atoms with Crippen LogP contribution >= 0.6 is 0 Å². The van der Waals surface area contributed by atoms with Crippen LogP contribution in [0.2, 0.25) is 0 Å². The average Bonchev–Trinajstić information content (AvgIpc) is 2.86. The van der Waals surface area contributed by atoms with Gasteiger partial charge in [-0.05, 0) is 29.5 Å². The van der Waals surface area contributed by atoms with Gasteiger partial charge in [-0.2, -0.15) is 0 Å². The number of ether oxygens (including phenoxy) is 1. The van der Waals surface area contributed by atoms with Gasteiger partial charge in [-0.3, -0.25) is 4.79 Å². The van der Waals surface area contributed by atoms with Crippen molar-refractivity contribution < 1.29 is 14.3 Å². The van der Waals surface area contributed by atoms with E-state index in [4.69, 9.17) is 4.74 Å². The lowest BCUT2D eigenvalue weighted by atomic mass is 9.71. The molecule has 0 saturated carbocycles. The average molecular weight is 436 g/mol. The van der Waals surface area contributed by atoms with E-state index in [1.165, 1.54) is 0 Å². The van der Waals surface area contributed by atoms with E-state index in [2.05, 4.69) is 18.3 Å². The molecular formula is C29H25NO3. The monoisotopic (exact) mass is 435 g/mol. The third kappa shape index (κ3) is 3.68. The SMILES string of the molecule is CC[C@H]1c2ccc3ccccc3c2OC(=O)[C@@]1(Cc1ccccc1)NC(=O)c1ccccc1. The maximum atomic E-state index is 13.8. The molecule has 0 fully saturated rings. The topological polar surface area (TPSA) is 55.4 Å². The van der Waals surface area contributed by atoms with Crippen molar-refractivity contribution in [3.8, 4) is 5.75 Å². The molecule has 0 aliphatic carbocycles. The van der Waals surface area contributed by atoms with Gasteiger partial charge in [0.25, 0.3) is 5.91 Å². The molecule has 164 valence electrons. The Kier molecular flexibility index (Phi) is 5.43. The number of carbonyl (C=O) groups is 2. The summed E-state index contributed by atoms with van der Waals surface area (Å²) in [4.78, 5) is 27.1. The highest BCUT2D eigenvalue weighted by Gasteiger charge is 2.52. The first kappa shape index (κ1) is 21.0. The van der Waals surface area contributed by atoms with Crippen molar-refractivity contribution in [2.75, 3.05) is 0 Å². The van der Waals surface area contributed by atoms with Crippen LogP contribution in [0, 0.1) is 0 Å². The number of benzene rings is 4. The summed E-state index contributed by atoms with van der Waals surface area (Å²) in [5.41, 5.74) is 1.20. The third-order valence-electron chi connectivity index (χ3n) is 6.55. The van der Waals surface area contributed by atoms with Crippen LogP contribution in [0.4, 0.5) is 0 Å². The second kappa shape index (κ2) is 8.55. The zero-order valence-electron chi connectivity index (χ0n) is 18.5. The Balaban J connectivity index is 1.66. The van der Waals surface area contributed by atoms with E-state index < -0.39 is 11.5 Å².